The lowest BCUT2D eigenvalue weighted by molar-refractivity contribution is -0.121. The molecule has 1 heterocycles. The van der Waals surface area contributed by atoms with Crippen molar-refractivity contribution in [1.29, 1.82) is 0 Å². The standard InChI is InChI=1S/C12H10N2O3/c1-2-4-9(15)14-11(16)7-5-3-6-8(13)10(7)12(14)17/h2-6H,13H2,1H3/b4-2-. The molecule has 2 N–H and O–H groups in total. The molecule has 3 amide bonds. The molecule has 0 saturated carbocycles. The van der Waals surface area contributed by atoms with E-state index in [0.29, 0.717) is 4.90 Å². The lowest BCUT2D eigenvalue weighted by atomic mass is 10.1. The van der Waals surface area contributed by atoms with Gasteiger partial charge in [0.25, 0.3) is 17.7 Å². The number of rotatable bonds is 1. The maximum Gasteiger partial charge on any atom is 0.270 e. The summed E-state index contributed by atoms with van der Waals surface area (Å²) in [6, 6.07) is 4.57. The molecule has 86 valence electrons. The van der Waals surface area contributed by atoms with Crippen LogP contribution in [-0.4, -0.2) is 22.6 Å². The minimum atomic E-state index is -0.661. The van der Waals surface area contributed by atoms with E-state index in [4.69, 9.17) is 5.73 Å². The van der Waals surface area contributed by atoms with Gasteiger partial charge in [-0.2, -0.15) is 0 Å². The number of hydrogen-bond donors (Lipinski definition) is 1. The molecular formula is C12H10N2O3. The first kappa shape index (κ1) is 11.1. The summed E-state index contributed by atoms with van der Waals surface area (Å²) < 4.78 is 0. The molecule has 0 saturated heterocycles. The Bertz CT molecular complexity index is 561. The van der Waals surface area contributed by atoms with Gasteiger partial charge < -0.3 is 5.73 Å². The summed E-state index contributed by atoms with van der Waals surface area (Å²) in [5, 5.41) is 0. The molecule has 1 aliphatic rings. The predicted octanol–water partition coefficient (Wildman–Crippen LogP) is 0.968. The number of carbonyl (C=O) groups is 3. The Morgan fingerprint density at radius 1 is 1.29 bits per heavy atom. The van der Waals surface area contributed by atoms with Crippen LogP contribution >= 0.6 is 0 Å². The molecule has 1 aromatic carbocycles. The van der Waals surface area contributed by atoms with E-state index < -0.39 is 17.7 Å². The Morgan fingerprint density at radius 3 is 2.59 bits per heavy atom. The molecule has 1 aliphatic heterocycles. The van der Waals surface area contributed by atoms with Crippen molar-refractivity contribution in [2.75, 3.05) is 5.73 Å². The summed E-state index contributed by atoms with van der Waals surface area (Å²) in [4.78, 5) is 36.0. The van der Waals surface area contributed by atoms with Crippen LogP contribution in [0.2, 0.25) is 0 Å². The van der Waals surface area contributed by atoms with Crippen LogP contribution in [0, 0.1) is 0 Å². The number of imide groups is 3. The van der Waals surface area contributed by atoms with E-state index >= 15 is 0 Å². The van der Waals surface area contributed by atoms with E-state index in [2.05, 4.69) is 0 Å². The van der Waals surface area contributed by atoms with E-state index in [1.165, 1.54) is 18.2 Å². The Balaban J connectivity index is 2.53. The second kappa shape index (κ2) is 3.86. The number of nitrogens with two attached hydrogens (primary N) is 1. The molecule has 0 aromatic heterocycles. The number of nitrogens with zero attached hydrogens (tertiary/aromatic N) is 1. The Labute approximate surface area is 97.5 Å². The normalized spacial score (nSPS) is 14.5. The smallest absolute Gasteiger partial charge is 0.270 e. The SMILES string of the molecule is C/C=C\C(=O)N1C(=O)c2cccc(N)c2C1=O. The third-order valence-electron chi connectivity index (χ3n) is 2.48. The highest BCUT2D eigenvalue weighted by atomic mass is 16.2. The fourth-order valence-electron chi connectivity index (χ4n) is 1.73. The molecule has 0 spiro atoms. The predicted molar refractivity (Wildman–Crippen MR) is 61.2 cm³/mol. The average molecular weight is 230 g/mol. The van der Waals surface area contributed by atoms with E-state index in [1.807, 2.05) is 0 Å². The van der Waals surface area contributed by atoms with Gasteiger partial charge in [-0.3, -0.25) is 14.4 Å². The third kappa shape index (κ3) is 1.52. The number of anilines is 1. The number of carbonyl (C=O) groups excluding carboxylic acids is 3. The monoisotopic (exact) mass is 230 g/mol. The average Bonchev–Trinajstić information content (AvgIpc) is 2.53. The first-order valence-electron chi connectivity index (χ1n) is 5.02. The fourth-order valence-corrected chi connectivity index (χ4v) is 1.73. The van der Waals surface area contributed by atoms with E-state index in [1.54, 1.807) is 13.0 Å². The highest BCUT2D eigenvalue weighted by molar-refractivity contribution is 6.31. The van der Waals surface area contributed by atoms with Gasteiger partial charge in [0.1, 0.15) is 0 Å². The molecule has 17 heavy (non-hydrogen) atoms. The van der Waals surface area contributed by atoms with Gasteiger partial charge in [0.15, 0.2) is 0 Å². The van der Waals surface area contributed by atoms with Crippen LogP contribution in [-0.2, 0) is 4.79 Å². The van der Waals surface area contributed by atoms with Gasteiger partial charge >= 0.3 is 0 Å². The van der Waals surface area contributed by atoms with Crippen LogP contribution in [0.3, 0.4) is 0 Å². The number of fused-ring (bicyclic) bond motifs is 1. The third-order valence-corrected chi connectivity index (χ3v) is 2.48. The summed E-state index contributed by atoms with van der Waals surface area (Å²) in [6.45, 7) is 1.63. The number of benzene rings is 1. The van der Waals surface area contributed by atoms with E-state index in [9.17, 15) is 14.4 Å². The summed E-state index contributed by atoms with van der Waals surface area (Å²) >= 11 is 0. The summed E-state index contributed by atoms with van der Waals surface area (Å²) in [7, 11) is 0. The van der Waals surface area contributed by atoms with Crippen molar-refractivity contribution < 1.29 is 14.4 Å². The van der Waals surface area contributed by atoms with E-state index in [0.717, 1.165) is 6.08 Å². The topological polar surface area (TPSA) is 80.5 Å². The van der Waals surface area contributed by atoms with Crippen molar-refractivity contribution in [3.8, 4) is 0 Å². The minimum Gasteiger partial charge on any atom is -0.398 e. The zero-order chi connectivity index (χ0) is 12.6. The highest BCUT2D eigenvalue weighted by Crippen LogP contribution is 2.27. The van der Waals surface area contributed by atoms with Gasteiger partial charge in [0.05, 0.1) is 11.1 Å². The molecular weight excluding hydrogens is 220 g/mol. The number of nitrogen functional groups attached to an aromatic ring is 1. The summed E-state index contributed by atoms with van der Waals surface area (Å²) in [5.41, 5.74) is 6.12. The molecule has 0 atom stereocenters. The number of amides is 3. The highest BCUT2D eigenvalue weighted by Gasteiger charge is 2.40. The second-order valence-electron chi connectivity index (χ2n) is 3.55. The maximum absolute atomic E-state index is 11.9. The quantitative estimate of drug-likeness (QED) is 0.443. The molecule has 0 aliphatic carbocycles. The van der Waals surface area contributed by atoms with Gasteiger partial charge in [-0.25, -0.2) is 4.90 Å². The van der Waals surface area contributed by atoms with Gasteiger partial charge in [-0.15, -0.1) is 0 Å². The fraction of sp³-hybridized carbons (Fsp3) is 0.0833. The van der Waals surface area contributed by atoms with Crippen LogP contribution < -0.4 is 5.73 Å². The lowest BCUT2D eigenvalue weighted by Crippen LogP contribution is -2.34. The molecule has 2 rings (SSSR count). The van der Waals surface area contributed by atoms with Crippen LogP contribution in [0.1, 0.15) is 27.6 Å². The minimum absolute atomic E-state index is 0.107. The first-order valence-corrected chi connectivity index (χ1v) is 5.02. The van der Waals surface area contributed by atoms with Gasteiger partial charge in [-0.1, -0.05) is 12.1 Å². The number of hydrogen-bond acceptors (Lipinski definition) is 4. The second-order valence-corrected chi connectivity index (χ2v) is 3.55. The van der Waals surface area contributed by atoms with Crippen LogP contribution in [0.4, 0.5) is 5.69 Å². The zero-order valence-corrected chi connectivity index (χ0v) is 9.14. The molecule has 1 aromatic rings. The summed E-state index contributed by atoms with van der Waals surface area (Å²) in [6.07, 6.45) is 2.63. The Kier molecular flexibility index (Phi) is 2.51. The van der Waals surface area contributed by atoms with Crippen LogP contribution in [0.15, 0.2) is 30.4 Å². The van der Waals surface area contributed by atoms with Crippen molar-refractivity contribution in [2.24, 2.45) is 0 Å². The largest absolute Gasteiger partial charge is 0.398 e. The molecule has 0 radical (unpaired) electrons. The Hall–Kier alpha value is -2.43. The Morgan fingerprint density at radius 2 is 2.00 bits per heavy atom. The van der Waals surface area contributed by atoms with Crippen molar-refractivity contribution in [3.05, 3.63) is 41.5 Å². The molecule has 5 nitrogen and oxygen atoms in total. The van der Waals surface area contributed by atoms with Crippen molar-refractivity contribution >= 4 is 23.4 Å². The van der Waals surface area contributed by atoms with Gasteiger partial charge in [0, 0.05) is 5.69 Å². The zero-order valence-electron chi connectivity index (χ0n) is 9.14. The molecule has 0 fully saturated rings. The first-order chi connectivity index (χ1) is 8.07. The van der Waals surface area contributed by atoms with Crippen LogP contribution in [0.25, 0.3) is 0 Å². The molecule has 5 heteroatoms. The van der Waals surface area contributed by atoms with Crippen molar-refractivity contribution in [3.63, 3.8) is 0 Å². The van der Waals surface area contributed by atoms with Crippen molar-refractivity contribution in [2.45, 2.75) is 6.92 Å². The molecule has 0 bridgehead atoms. The van der Waals surface area contributed by atoms with Crippen LogP contribution in [0.5, 0.6) is 0 Å². The van der Waals surface area contributed by atoms with Gasteiger partial charge in [0.2, 0.25) is 0 Å². The van der Waals surface area contributed by atoms with Crippen molar-refractivity contribution in [1.82, 2.24) is 4.90 Å². The van der Waals surface area contributed by atoms with E-state index in [-0.39, 0.29) is 16.8 Å². The molecule has 0 unspecified atom stereocenters. The number of allylic oxidation sites excluding steroid dienone is 1. The summed E-state index contributed by atoms with van der Waals surface area (Å²) in [5.74, 6) is -1.94. The maximum atomic E-state index is 11.9. The lowest BCUT2D eigenvalue weighted by Gasteiger charge is -2.08. The van der Waals surface area contributed by atoms with Gasteiger partial charge in [-0.05, 0) is 25.1 Å².